The summed E-state index contributed by atoms with van der Waals surface area (Å²) < 4.78 is 19.5. The van der Waals surface area contributed by atoms with Crippen molar-refractivity contribution in [2.45, 2.75) is 0 Å². The van der Waals surface area contributed by atoms with Gasteiger partial charge in [-0.2, -0.15) is 0 Å². The molecule has 0 bridgehead atoms. The molecule has 0 radical (unpaired) electrons. The standard InChI is InChI=1S/4C19H16NP.Ni/c4*1-4-10-17(11-5-1)16-20-21(18-12-6-2-7-13-18)19-14-8-3-9-15-19;/h4*1-16H;/b4*20-16+;. The van der Waals surface area contributed by atoms with Crippen molar-refractivity contribution in [3.05, 3.63) is 386 Å². The van der Waals surface area contributed by atoms with E-state index in [0.717, 1.165) is 22.3 Å². The molecule has 0 aliphatic heterocycles. The van der Waals surface area contributed by atoms with Crippen molar-refractivity contribution in [2.24, 2.45) is 19.1 Å². The monoisotopic (exact) mass is 1210 g/mol. The summed E-state index contributed by atoms with van der Waals surface area (Å²) in [7, 11) is -2.82. The minimum Gasteiger partial charge on any atom is -0.259 e. The van der Waals surface area contributed by atoms with Crippen LogP contribution in [-0.4, -0.2) is 24.9 Å². The molecule has 0 N–H and O–H groups in total. The summed E-state index contributed by atoms with van der Waals surface area (Å²) in [4.78, 5) is 0. The molecular formula is C76H64N4NiP4. The summed E-state index contributed by atoms with van der Waals surface area (Å²) in [6.07, 6.45) is 7.91. The molecule has 0 unspecified atom stereocenters. The van der Waals surface area contributed by atoms with Crippen molar-refractivity contribution in [3.63, 3.8) is 0 Å². The van der Waals surface area contributed by atoms with Crippen molar-refractivity contribution in [1.29, 1.82) is 0 Å². The number of rotatable bonds is 16. The largest absolute Gasteiger partial charge is 0.259 e. The molecule has 0 saturated carbocycles. The zero-order valence-electron chi connectivity index (χ0n) is 46.8. The minimum absolute atomic E-state index is 0. The maximum atomic E-state index is 4.87. The average molecular weight is 1220 g/mol. The van der Waals surface area contributed by atoms with Gasteiger partial charge in [0.15, 0.2) is 0 Å². The summed E-state index contributed by atoms with van der Waals surface area (Å²) in [5.74, 6) is 0. The molecule has 418 valence electrons. The van der Waals surface area contributed by atoms with E-state index in [-0.39, 0.29) is 16.5 Å². The van der Waals surface area contributed by atoms with Gasteiger partial charge in [-0.05, 0) is 22.3 Å². The van der Waals surface area contributed by atoms with Gasteiger partial charge >= 0.3 is 0 Å². The molecule has 12 aromatic rings. The maximum Gasteiger partial charge on any atom is 0.0780 e. The fourth-order valence-electron chi connectivity index (χ4n) is 8.34. The normalized spacial score (nSPS) is 11.0. The molecule has 0 spiro atoms. The molecule has 12 rings (SSSR count). The summed E-state index contributed by atoms with van der Waals surface area (Å²) in [6.45, 7) is 0. The molecule has 0 heterocycles. The van der Waals surface area contributed by atoms with Crippen LogP contribution in [0.2, 0.25) is 0 Å². The number of hydrogen-bond donors (Lipinski definition) is 0. The summed E-state index contributed by atoms with van der Waals surface area (Å²) >= 11 is 0. The summed E-state index contributed by atoms with van der Waals surface area (Å²) in [5, 5.41) is 10.2. The zero-order chi connectivity index (χ0) is 57.3. The van der Waals surface area contributed by atoms with E-state index in [2.05, 4.69) is 243 Å². The third-order valence-electron chi connectivity index (χ3n) is 12.5. The zero-order valence-corrected chi connectivity index (χ0v) is 51.4. The van der Waals surface area contributed by atoms with Gasteiger partial charge < -0.3 is 0 Å². The Morgan fingerprint density at radius 3 is 0.376 bits per heavy atom. The van der Waals surface area contributed by atoms with Crippen LogP contribution in [0.4, 0.5) is 0 Å². The summed E-state index contributed by atoms with van der Waals surface area (Å²) in [5.41, 5.74) is 4.54. The molecule has 12 aromatic carbocycles. The van der Waals surface area contributed by atoms with E-state index in [0.29, 0.717) is 0 Å². The van der Waals surface area contributed by atoms with Gasteiger partial charge in [-0.3, -0.25) is 19.1 Å². The quantitative estimate of drug-likeness (QED) is 0.0526. The van der Waals surface area contributed by atoms with Gasteiger partial charge in [0.05, 0.1) is 32.3 Å². The van der Waals surface area contributed by atoms with Crippen molar-refractivity contribution < 1.29 is 16.5 Å². The van der Waals surface area contributed by atoms with E-state index in [1.54, 1.807) is 0 Å². The van der Waals surface area contributed by atoms with Crippen LogP contribution in [0.15, 0.2) is 383 Å². The molecule has 9 heteroatoms. The van der Waals surface area contributed by atoms with Gasteiger partial charge in [0.25, 0.3) is 0 Å². The van der Waals surface area contributed by atoms with Gasteiger partial charge in [0.1, 0.15) is 0 Å². The van der Waals surface area contributed by atoms with Gasteiger partial charge in [-0.25, -0.2) is 0 Å². The molecular weight excluding hydrogens is 1150 g/mol. The van der Waals surface area contributed by atoms with E-state index in [1.165, 1.54) is 42.4 Å². The van der Waals surface area contributed by atoms with Crippen LogP contribution >= 0.6 is 32.3 Å². The van der Waals surface area contributed by atoms with Crippen LogP contribution < -0.4 is 42.4 Å². The first-order valence-corrected chi connectivity index (χ1v) is 32.9. The Kier molecular flexibility index (Phi) is 26.7. The average Bonchev–Trinajstić information content (AvgIpc) is 3.59. The Bertz CT molecular complexity index is 3140. The van der Waals surface area contributed by atoms with Crippen molar-refractivity contribution in [2.75, 3.05) is 0 Å². The molecule has 0 fully saturated rings. The molecule has 0 amide bonds. The van der Waals surface area contributed by atoms with Crippen LogP contribution in [0.25, 0.3) is 0 Å². The number of hydrogen-bond acceptors (Lipinski definition) is 4. The van der Waals surface area contributed by atoms with Gasteiger partial charge in [-0.15, -0.1) is 0 Å². The van der Waals surface area contributed by atoms with E-state index in [9.17, 15) is 0 Å². The molecule has 85 heavy (non-hydrogen) atoms. The maximum absolute atomic E-state index is 4.87. The van der Waals surface area contributed by atoms with Gasteiger partial charge in [0.2, 0.25) is 0 Å². The number of nitrogens with zero attached hydrogens (tertiary/aromatic N) is 4. The fourth-order valence-corrected chi connectivity index (χ4v) is 15.2. The molecule has 0 saturated heterocycles. The third kappa shape index (κ3) is 21.0. The van der Waals surface area contributed by atoms with E-state index >= 15 is 0 Å². The first-order chi connectivity index (χ1) is 41.7. The topological polar surface area (TPSA) is 49.4 Å². The van der Waals surface area contributed by atoms with Gasteiger partial charge in [0, 0.05) is 83.8 Å². The number of benzene rings is 12. The Labute approximate surface area is 517 Å². The predicted octanol–water partition coefficient (Wildman–Crippen LogP) is 16.6. The first kappa shape index (κ1) is 62.6. The Balaban J connectivity index is 0.000000147. The van der Waals surface area contributed by atoms with E-state index in [1.807, 2.05) is 146 Å². The second-order valence-electron chi connectivity index (χ2n) is 18.6. The summed E-state index contributed by atoms with van der Waals surface area (Å²) in [6, 6.07) is 125. The molecule has 4 nitrogen and oxygen atoms in total. The van der Waals surface area contributed by atoms with Crippen LogP contribution in [0.1, 0.15) is 22.3 Å². The van der Waals surface area contributed by atoms with Crippen molar-refractivity contribution in [1.82, 2.24) is 0 Å². The Hall–Kier alpha value is -8.47. The van der Waals surface area contributed by atoms with Crippen LogP contribution in [0.3, 0.4) is 0 Å². The predicted molar refractivity (Wildman–Crippen MR) is 372 cm³/mol. The second-order valence-corrected chi connectivity index (χ2v) is 26.1. The van der Waals surface area contributed by atoms with Crippen LogP contribution in [-0.2, 0) is 16.5 Å². The smallest absolute Gasteiger partial charge is 0.0780 e. The van der Waals surface area contributed by atoms with Crippen molar-refractivity contribution in [3.8, 4) is 0 Å². The van der Waals surface area contributed by atoms with Gasteiger partial charge in [-0.1, -0.05) is 364 Å². The SMILES string of the molecule is C(=N\P(c1ccccc1)c1ccccc1)/c1ccccc1.C(=N\P(c1ccccc1)c1ccccc1)/c1ccccc1.C(=N\P(c1ccccc1)c1ccccc1)/c1ccccc1.C(=N\P(c1ccccc1)c1ccccc1)/c1ccccc1.[Ni]. The molecule has 0 aliphatic rings. The fraction of sp³-hybridized carbons (Fsp3) is 0. The van der Waals surface area contributed by atoms with Crippen LogP contribution in [0, 0.1) is 0 Å². The second kappa shape index (κ2) is 36.3. The Morgan fingerprint density at radius 2 is 0.259 bits per heavy atom. The molecule has 0 atom stereocenters. The minimum atomic E-state index is -0.705. The first-order valence-electron chi connectivity index (χ1n) is 27.7. The molecule has 0 aliphatic carbocycles. The van der Waals surface area contributed by atoms with E-state index < -0.39 is 32.3 Å². The molecule has 0 aromatic heterocycles. The Morgan fingerprint density at radius 1 is 0.153 bits per heavy atom. The third-order valence-corrected chi connectivity index (χ3v) is 20.2. The van der Waals surface area contributed by atoms with Crippen molar-refractivity contribution >= 4 is 99.6 Å². The van der Waals surface area contributed by atoms with Crippen LogP contribution in [0.5, 0.6) is 0 Å². The van der Waals surface area contributed by atoms with E-state index in [4.69, 9.17) is 19.1 Å².